The van der Waals surface area contributed by atoms with Crippen LogP contribution in [-0.4, -0.2) is 0 Å². The maximum Gasteiger partial charge on any atom is 0.330 e. The first kappa shape index (κ1) is 15.5. The Morgan fingerprint density at radius 2 is 1.73 bits per heavy atom. The van der Waals surface area contributed by atoms with Gasteiger partial charge in [0.1, 0.15) is 5.69 Å². The molecule has 112 valence electrons. The second-order valence-corrected chi connectivity index (χ2v) is 6.87. The van der Waals surface area contributed by atoms with Crippen molar-refractivity contribution < 1.29 is 29.0 Å². The van der Waals surface area contributed by atoms with E-state index in [9.17, 15) is 0 Å². The fraction of sp³-hybridized carbons (Fsp3) is 0.167. The van der Waals surface area contributed by atoms with Crippen molar-refractivity contribution in [3.05, 3.63) is 58.0 Å². The number of H-pyrrole nitrogens is 1. The van der Waals surface area contributed by atoms with Crippen molar-refractivity contribution in [1.82, 2.24) is 0 Å². The Morgan fingerprint density at radius 3 is 2.50 bits per heavy atom. The molecular weight excluding hydrogens is 403 g/mol. The first-order valence-electron chi connectivity index (χ1n) is 7.13. The smallest absolute Gasteiger partial charge is 0.330 e. The number of fused-ring (bicyclic) bond motifs is 3. The number of anilines is 1. The van der Waals surface area contributed by atoms with Crippen molar-refractivity contribution in [2.24, 2.45) is 0 Å². The van der Waals surface area contributed by atoms with Crippen molar-refractivity contribution in [3.8, 4) is 22.4 Å². The molecule has 3 aromatic rings. The molecule has 1 aromatic heterocycles. The number of nitrogen functional groups attached to an aromatic ring is 1. The van der Waals surface area contributed by atoms with E-state index in [0.29, 0.717) is 0 Å². The van der Waals surface area contributed by atoms with E-state index >= 15 is 0 Å². The van der Waals surface area contributed by atoms with Gasteiger partial charge >= 0.3 is 5.13 Å². The highest BCUT2D eigenvalue weighted by Crippen LogP contribution is 2.39. The summed E-state index contributed by atoms with van der Waals surface area (Å²) in [5, 5.41) is 0.795. The number of halogens is 1. The van der Waals surface area contributed by atoms with Gasteiger partial charge in [-0.05, 0) is 47.7 Å². The van der Waals surface area contributed by atoms with Crippen molar-refractivity contribution in [1.29, 1.82) is 0 Å². The highest BCUT2D eigenvalue weighted by atomic mass is 127. The van der Waals surface area contributed by atoms with Gasteiger partial charge in [-0.15, -0.1) is 0 Å². The molecule has 4 heteroatoms. The van der Waals surface area contributed by atoms with Crippen LogP contribution in [0.3, 0.4) is 0 Å². The van der Waals surface area contributed by atoms with Gasteiger partial charge in [0.05, 0.1) is 4.88 Å². The predicted octanol–water partition coefficient (Wildman–Crippen LogP) is 1.00. The van der Waals surface area contributed by atoms with Crippen LogP contribution in [0.15, 0.2) is 36.4 Å². The summed E-state index contributed by atoms with van der Waals surface area (Å²) < 4.78 is 0. The topological polar surface area (TPSA) is 40.2 Å². The summed E-state index contributed by atoms with van der Waals surface area (Å²) in [6, 6.07) is 13.4. The Morgan fingerprint density at radius 1 is 1.00 bits per heavy atom. The van der Waals surface area contributed by atoms with Crippen molar-refractivity contribution in [3.63, 3.8) is 0 Å². The summed E-state index contributed by atoms with van der Waals surface area (Å²) in [6.07, 6.45) is 0.988. The Labute approximate surface area is 151 Å². The van der Waals surface area contributed by atoms with Gasteiger partial charge in [0, 0.05) is 12.0 Å². The molecule has 3 N–H and O–H groups in total. The molecule has 0 unspecified atom stereocenters. The summed E-state index contributed by atoms with van der Waals surface area (Å²) in [7, 11) is 0. The molecule has 0 spiro atoms. The van der Waals surface area contributed by atoms with E-state index in [4.69, 9.17) is 5.73 Å². The minimum Gasteiger partial charge on any atom is -1.00 e. The average molecular weight is 420 g/mol. The molecule has 22 heavy (non-hydrogen) atoms. The van der Waals surface area contributed by atoms with Gasteiger partial charge in [0.25, 0.3) is 0 Å². The highest BCUT2D eigenvalue weighted by Gasteiger charge is 2.25. The van der Waals surface area contributed by atoms with E-state index in [1.807, 2.05) is 0 Å². The quantitative estimate of drug-likeness (QED) is 0.459. The number of aromatic nitrogens is 1. The lowest BCUT2D eigenvalue weighted by molar-refractivity contribution is -0.340. The third-order valence-corrected chi connectivity index (χ3v) is 5.24. The molecule has 2 nitrogen and oxygen atoms in total. The van der Waals surface area contributed by atoms with Crippen LogP contribution in [0.2, 0.25) is 0 Å². The molecule has 0 bridgehead atoms. The molecule has 0 saturated heterocycles. The first-order valence-corrected chi connectivity index (χ1v) is 7.95. The maximum atomic E-state index is 5.86. The van der Waals surface area contributed by atoms with Crippen molar-refractivity contribution >= 4 is 16.5 Å². The zero-order chi connectivity index (χ0) is 14.6. The van der Waals surface area contributed by atoms with Gasteiger partial charge in [-0.3, -0.25) is 5.73 Å². The van der Waals surface area contributed by atoms with Crippen LogP contribution in [-0.2, 0) is 6.42 Å². The first-order chi connectivity index (χ1) is 10.1. The fourth-order valence-electron chi connectivity index (χ4n) is 3.00. The monoisotopic (exact) mass is 420 g/mol. The predicted molar refractivity (Wildman–Crippen MR) is 88.4 cm³/mol. The van der Waals surface area contributed by atoms with Gasteiger partial charge in [-0.2, -0.15) is 0 Å². The van der Waals surface area contributed by atoms with Gasteiger partial charge in [-0.1, -0.05) is 41.7 Å². The van der Waals surface area contributed by atoms with E-state index in [0.717, 1.165) is 11.6 Å². The van der Waals surface area contributed by atoms with E-state index < -0.39 is 0 Å². The van der Waals surface area contributed by atoms with Crippen LogP contribution < -0.4 is 34.7 Å². The lowest BCUT2D eigenvalue weighted by Gasteiger charge is -2.07. The number of hydrogen-bond acceptors (Lipinski definition) is 2. The minimum absolute atomic E-state index is 0. The Balaban J connectivity index is 0.00000144. The molecule has 1 aliphatic carbocycles. The molecule has 0 saturated carbocycles. The number of aromatic amines is 1. The fourth-order valence-corrected chi connectivity index (χ4v) is 3.91. The molecular formula is C18H17IN2S. The van der Waals surface area contributed by atoms with Gasteiger partial charge in [0.2, 0.25) is 0 Å². The normalized spacial score (nSPS) is 11.7. The van der Waals surface area contributed by atoms with E-state index in [2.05, 4.69) is 55.2 Å². The zero-order valence-corrected chi connectivity index (χ0v) is 15.5. The maximum absolute atomic E-state index is 5.86. The molecule has 1 aliphatic rings. The van der Waals surface area contributed by atoms with Gasteiger partial charge < -0.3 is 24.0 Å². The number of hydrogen-bond donors (Lipinski definition) is 1. The number of aryl methyl sites for hydroxylation is 2. The van der Waals surface area contributed by atoms with Crippen LogP contribution in [0, 0.1) is 13.8 Å². The lowest BCUT2D eigenvalue weighted by atomic mass is 9.97. The number of nitrogens with two attached hydrogens (primary N) is 1. The second-order valence-electron chi connectivity index (χ2n) is 5.74. The number of nitrogens with one attached hydrogen (secondary N) is 1. The second kappa shape index (κ2) is 5.66. The summed E-state index contributed by atoms with van der Waals surface area (Å²) in [5.41, 5.74) is 15.0. The van der Waals surface area contributed by atoms with E-state index in [1.54, 1.807) is 11.3 Å². The Bertz CT molecular complexity index is 868. The Hall–Kier alpha value is -1.40. The average Bonchev–Trinajstić information content (AvgIpc) is 2.97. The Kier molecular flexibility index (Phi) is 3.99. The third-order valence-electron chi connectivity index (χ3n) is 4.33. The number of thiazole rings is 1. The van der Waals surface area contributed by atoms with Crippen LogP contribution in [0.1, 0.15) is 21.6 Å². The number of benzene rings is 2. The van der Waals surface area contributed by atoms with Crippen LogP contribution in [0.4, 0.5) is 5.13 Å². The van der Waals surface area contributed by atoms with Gasteiger partial charge in [-0.25, -0.2) is 4.98 Å². The summed E-state index contributed by atoms with van der Waals surface area (Å²) >= 11 is 1.66. The highest BCUT2D eigenvalue weighted by molar-refractivity contribution is 7.15. The zero-order valence-electron chi connectivity index (χ0n) is 12.5. The molecule has 4 rings (SSSR count). The van der Waals surface area contributed by atoms with E-state index in [1.165, 1.54) is 44.0 Å². The van der Waals surface area contributed by atoms with Crippen molar-refractivity contribution in [2.75, 3.05) is 5.73 Å². The summed E-state index contributed by atoms with van der Waals surface area (Å²) in [6.45, 7) is 4.32. The standard InChI is InChI=1S/C18H16N2S.HI/c1-10-3-4-12(7-11(10)2)13-5-6-15-14(8-13)9-16-17(15)20-18(19)21-16;/h3-8H,9H2,1-2H3,(H2,19,20);1H. The molecule has 0 aliphatic heterocycles. The number of rotatable bonds is 1. The third kappa shape index (κ3) is 2.44. The molecule has 0 atom stereocenters. The molecule has 1 heterocycles. The largest absolute Gasteiger partial charge is 1.00 e. The van der Waals surface area contributed by atoms with Crippen LogP contribution in [0.25, 0.3) is 22.4 Å². The van der Waals surface area contributed by atoms with Gasteiger partial charge in [0.15, 0.2) is 0 Å². The molecule has 0 amide bonds. The van der Waals surface area contributed by atoms with E-state index in [-0.39, 0.29) is 24.0 Å². The SMILES string of the molecule is Cc1ccc(-c2ccc3c(c2)Cc2sc(N)[nH+]c2-3)cc1C.[I-]. The molecule has 0 radical (unpaired) electrons. The lowest BCUT2D eigenvalue weighted by Crippen LogP contribution is -3.00. The minimum atomic E-state index is 0. The van der Waals surface area contributed by atoms with Crippen LogP contribution in [0.5, 0.6) is 0 Å². The van der Waals surface area contributed by atoms with Crippen molar-refractivity contribution in [2.45, 2.75) is 20.3 Å². The van der Waals surface area contributed by atoms with Crippen LogP contribution >= 0.6 is 11.3 Å². The summed E-state index contributed by atoms with van der Waals surface area (Å²) in [4.78, 5) is 4.63. The summed E-state index contributed by atoms with van der Waals surface area (Å²) in [5.74, 6) is 0. The molecule has 0 fully saturated rings. The molecule has 2 aromatic carbocycles.